The molecule has 2 atom stereocenters. The summed E-state index contributed by atoms with van der Waals surface area (Å²) in [4.78, 5) is 12.0. The van der Waals surface area contributed by atoms with Crippen molar-refractivity contribution in [3.8, 4) is 0 Å². The lowest BCUT2D eigenvalue weighted by Gasteiger charge is -2.41. The van der Waals surface area contributed by atoms with Crippen LogP contribution in [-0.4, -0.2) is 66.0 Å². The van der Waals surface area contributed by atoms with Gasteiger partial charge >= 0.3 is 0 Å². The largest absolute Gasteiger partial charge is 0.377 e. The minimum Gasteiger partial charge on any atom is -0.377 e. The van der Waals surface area contributed by atoms with Crippen LogP contribution in [-0.2, 0) is 14.8 Å². The Hall–Kier alpha value is -1.52. The van der Waals surface area contributed by atoms with Gasteiger partial charge in [-0.3, -0.25) is 10.0 Å². The number of aryl methyl sites for hydroxylation is 1. The number of aliphatic hydroxyl groups is 1. The number of carbonyl (C=O) groups is 1. The molecule has 0 aliphatic carbocycles. The van der Waals surface area contributed by atoms with Crippen LogP contribution in [0.15, 0.2) is 24.3 Å². The summed E-state index contributed by atoms with van der Waals surface area (Å²) in [6, 6.07) is 8.28. The average molecular weight is 397 g/mol. The number of hydrogen-bond acceptors (Lipinski definition) is 6. The van der Waals surface area contributed by atoms with Gasteiger partial charge in [0.15, 0.2) is 5.60 Å². The number of sulfonamides is 1. The molecule has 0 spiro atoms. The Labute approximate surface area is 159 Å². The first-order valence-corrected chi connectivity index (χ1v) is 10.7. The summed E-state index contributed by atoms with van der Waals surface area (Å²) in [5, 5.41) is 21.2. The van der Waals surface area contributed by atoms with E-state index in [0.717, 1.165) is 0 Å². The second-order valence-corrected chi connectivity index (χ2v) is 9.56. The molecular weight excluding hydrogens is 370 g/mol. The summed E-state index contributed by atoms with van der Waals surface area (Å²) in [6.45, 7) is 2.89. The Balaban J connectivity index is 1.74. The number of benzene rings is 1. The van der Waals surface area contributed by atoms with Crippen LogP contribution < -0.4 is 10.8 Å². The minimum absolute atomic E-state index is 0.101. The molecule has 0 saturated carbocycles. The number of amides is 1. The molecule has 2 aliphatic heterocycles. The summed E-state index contributed by atoms with van der Waals surface area (Å²) >= 11 is 0. The number of piperidine rings is 2. The highest BCUT2D eigenvalue weighted by atomic mass is 32.2. The van der Waals surface area contributed by atoms with Crippen LogP contribution in [0, 0.1) is 6.92 Å². The van der Waals surface area contributed by atoms with Crippen LogP contribution in [0.5, 0.6) is 0 Å². The number of hydrogen-bond donors (Lipinski definition) is 4. The molecule has 3 rings (SSSR count). The average Bonchev–Trinajstić information content (AvgIpc) is 2.68. The van der Waals surface area contributed by atoms with Gasteiger partial charge in [0.05, 0.1) is 0 Å². The van der Waals surface area contributed by atoms with E-state index in [9.17, 15) is 18.3 Å². The quantitative estimate of drug-likeness (QED) is 0.423. The van der Waals surface area contributed by atoms with E-state index in [1.165, 1.54) is 20.9 Å². The third-order valence-electron chi connectivity index (χ3n) is 5.73. The van der Waals surface area contributed by atoms with Crippen molar-refractivity contribution in [2.45, 2.75) is 43.0 Å². The zero-order valence-electron chi connectivity index (χ0n) is 15.4. The summed E-state index contributed by atoms with van der Waals surface area (Å²) in [6.07, 6.45) is 1.49. The van der Waals surface area contributed by atoms with Crippen LogP contribution in [0.25, 0.3) is 0 Å². The van der Waals surface area contributed by atoms with Gasteiger partial charge in [-0.25, -0.2) is 18.2 Å². The normalized spacial score (nSPS) is 28.0. The Bertz CT molecular complexity index is 775. The van der Waals surface area contributed by atoms with Crippen LogP contribution >= 0.6 is 0 Å². The van der Waals surface area contributed by atoms with Crippen LogP contribution in [0.4, 0.5) is 0 Å². The van der Waals surface area contributed by atoms with E-state index in [1.54, 1.807) is 0 Å². The molecule has 9 heteroatoms. The molecule has 2 fully saturated rings. The van der Waals surface area contributed by atoms with E-state index in [2.05, 4.69) is 29.6 Å². The first-order valence-electron chi connectivity index (χ1n) is 9.22. The molecule has 150 valence electrons. The van der Waals surface area contributed by atoms with Crippen molar-refractivity contribution >= 4 is 15.9 Å². The highest BCUT2D eigenvalue weighted by molar-refractivity contribution is 7.89. The van der Waals surface area contributed by atoms with E-state index in [-0.39, 0.29) is 13.0 Å². The lowest BCUT2D eigenvalue weighted by Crippen LogP contribution is -2.67. The molecule has 2 unspecified atom stereocenters. The van der Waals surface area contributed by atoms with Crippen molar-refractivity contribution in [2.75, 3.05) is 26.2 Å². The first-order chi connectivity index (χ1) is 12.8. The van der Waals surface area contributed by atoms with Gasteiger partial charge in [0.25, 0.3) is 5.91 Å². The maximum absolute atomic E-state index is 13.1. The second kappa shape index (κ2) is 7.84. The highest BCUT2D eigenvalue weighted by Crippen LogP contribution is 2.33. The maximum Gasteiger partial charge on any atom is 0.278 e. The molecule has 0 radical (unpaired) electrons. The van der Waals surface area contributed by atoms with Gasteiger partial charge in [-0.15, -0.1) is 0 Å². The Kier molecular flexibility index (Phi) is 5.87. The number of rotatable bonds is 4. The van der Waals surface area contributed by atoms with Crippen molar-refractivity contribution in [1.82, 2.24) is 15.1 Å². The van der Waals surface area contributed by atoms with Gasteiger partial charge in [0, 0.05) is 19.6 Å². The lowest BCUT2D eigenvalue weighted by molar-refractivity contribution is -0.150. The topological polar surface area (TPSA) is 119 Å². The van der Waals surface area contributed by atoms with Gasteiger partial charge in [0.1, 0.15) is 5.25 Å². The zero-order valence-corrected chi connectivity index (χ0v) is 16.2. The molecule has 2 aliphatic rings. The fraction of sp³-hybridized carbons (Fsp3) is 0.611. The van der Waals surface area contributed by atoms with Crippen molar-refractivity contribution in [1.29, 1.82) is 0 Å². The molecule has 27 heavy (non-hydrogen) atoms. The summed E-state index contributed by atoms with van der Waals surface area (Å²) < 4.78 is 27.7. The first kappa shape index (κ1) is 20.2. The summed E-state index contributed by atoms with van der Waals surface area (Å²) in [5.41, 5.74) is 1.60. The Morgan fingerprint density at radius 2 is 1.85 bits per heavy atom. The van der Waals surface area contributed by atoms with E-state index in [4.69, 9.17) is 5.21 Å². The molecule has 4 N–H and O–H groups in total. The monoisotopic (exact) mass is 397 g/mol. The molecule has 0 aromatic heterocycles. The van der Waals surface area contributed by atoms with Gasteiger partial charge in [-0.1, -0.05) is 29.8 Å². The number of hydroxylamine groups is 1. The number of nitrogens with zero attached hydrogens (tertiary/aromatic N) is 1. The standard InChI is InChI=1S/C18H27N3O5S/c1-13-2-4-14(5-3-13)15-7-10-21(11-8-15)27(25,26)16-6-9-19-12-18(16,23)17(22)20-24/h2-5,15-16,19,23-24H,6-12H2,1H3,(H,20,22). The predicted octanol–water partition coefficient (Wildman–Crippen LogP) is 0.103. The van der Waals surface area contributed by atoms with Gasteiger partial charge < -0.3 is 10.4 Å². The van der Waals surface area contributed by atoms with Gasteiger partial charge in [0.2, 0.25) is 10.0 Å². The van der Waals surface area contributed by atoms with E-state index >= 15 is 0 Å². The Morgan fingerprint density at radius 3 is 2.44 bits per heavy atom. The minimum atomic E-state index is -3.89. The molecule has 2 saturated heterocycles. The maximum atomic E-state index is 13.1. The van der Waals surface area contributed by atoms with Crippen molar-refractivity contribution in [3.05, 3.63) is 35.4 Å². The van der Waals surface area contributed by atoms with Crippen molar-refractivity contribution in [2.24, 2.45) is 0 Å². The van der Waals surface area contributed by atoms with Crippen molar-refractivity contribution in [3.63, 3.8) is 0 Å². The van der Waals surface area contributed by atoms with Crippen molar-refractivity contribution < 1.29 is 23.5 Å². The summed E-state index contributed by atoms with van der Waals surface area (Å²) in [5.74, 6) is -0.803. The SMILES string of the molecule is Cc1ccc(C2CCN(S(=O)(=O)C3CCNCC3(O)C(=O)NO)CC2)cc1. The molecule has 1 amide bonds. The summed E-state index contributed by atoms with van der Waals surface area (Å²) in [7, 11) is -3.89. The second-order valence-electron chi connectivity index (χ2n) is 7.45. The van der Waals surface area contributed by atoms with Crippen LogP contribution in [0.1, 0.15) is 36.3 Å². The zero-order chi connectivity index (χ0) is 19.7. The molecule has 2 heterocycles. The molecular formula is C18H27N3O5S. The fourth-order valence-corrected chi connectivity index (χ4v) is 6.22. The van der Waals surface area contributed by atoms with Gasteiger partial charge in [-0.05, 0) is 44.2 Å². The predicted molar refractivity (Wildman–Crippen MR) is 99.8 cm³/mol. The Morgan fingerprint density at radius 1 is 1.22 bits per heavy atom. The number of nitrogens with one attached hydrogen (secondary N) is 2. The van der Waals surface area contributed by atoms with Crippen LogP contribution in [0.2, 0.25) is 0 Å². The van der Waals surface area contributed by atoms with Crippen LogP contribution in [0.3, 0.4) is 0 Å². The molecule has 1 aromatic carbocycles. The lowest BCUT2D eigenvalue weighted by atomic mass is 9.90. The smallest absolute Gasteiger partial charge is 0.278 e. The van der Waals surface area contributed by atoms with E-state index < -0.39 is 26.8 Å². The highest BCUT2D eigenvalue weighted by Gasteiger charge is 2.53. The number of carbonyl (C=O) groups excluding carboxylic acids is 1. The fourth-order valence-electron chi connectivity index (χ4n) is 4.05. The third kappa shape index (κ3) is 3.88. The van der Waals surface area contributed by atoms with E-state index in [0.29, 0.717) is 38.4 Å². The molecule has 8 nitrogen and oxygen atoms in total. The molecule has 1 aromatic rings. The third-order valence-corrected chi connectivity index (χ3v) is 8.16. The number of β-amino-alcohol motifs (C(OH)–C–C–N with tert-alkyl or cyclic N) is 1. The molecule has 0 bridgehead atoms. The van der Waals surface area contributed by atoms with E-state index in [1.807, 2.05) is 6.92 Å². The van der Waals surface area contributed by atoms with Gasteiger partial charge in [-0.2, -0.15) is 0 Å².